The second kappa shape index (κ2) is 6.75. The van der Waals surface area contributed by atoms with E-state index in [9.17, 15) is 17.2 Å². The van der Waals surface area contributed by atoms with E-state index in [4.69, 9.17) is 16.7 Å². The highest BCUT2D eigenvalue weighted by molar-refractivity contribution is 7.89. The number of nitrogens with two attached hydrogens (primary N) is 1. The molecule has 2 aromatic carbocycles. The topological polar surface area (TPSA) is 73.0 Å². The van der Waals surface area contributed by atoms with E-state index >= 15 is 0 Å². The van der Waals surface area contributed by atoms with Gasteiger partial charge in [-0.25, -0.2) is 22.3 Å². The van der Waals surface area contributed by atoms with Crippen molar-refractivity contribution in [3.63, 3.8) is 0 Å². The van der Waals surface area contributed by atoms with Gasteiger partial charge in [0, 0.05) is 22.3 Å². The summed E-state index contributed by atoms with van der Waals surface area (Å²) in [5.41, 5.74) is 2.59. The first-order valence-electron chi connectivity index (χ1n) is 7.42. The summed E-state index contributed by atoms with van der Waals surface area (Å²) in [7, 11) is -4.52. The molecule has 3 aromatic rings. The van der Waals surface area contributed by atoms with Crippen LogP contribution in [0.25, 0.3) is 22.4 Å². The highest BCUT2D eigenvalue weighted by Gasteiger charge is 2.22. The lowest BCUT2D eigenvalue weighted by atomic mass is 9.98. The number of pyridine rings is 1. The number of hydrogen-bond acceptors (Lipinski definition) is 3. The van der Waals surface area contributed by atoms with Crippen LogP contribution in [0, 0.1) is 18.6 Å². The Morgan fingerprint density at radius 3 is 2.27 bits per heavy atom. The molecule has 26 heavy (non-hydrogen) atoms. The van der Waals surface area contributed by atoms with Gasteiger partial charge in [0.05, 0.1) is 5.69 Å². The van der Waals surface area contributed by atoms with Crippen LogP contribution in [-0.2, 0) is 10.0 Å². The van der Waals surface area contributed by atoms with Crippen LogP contribution in [0.4, 0.5) is 8.78 Å². The third-order valence-corrected chi connectivity index (χ3v) is 5.22. The van der Waals surface area contributed by atoms with Crippen molar-refractivity contribution in [2.45, 2.75) is 11.8 Å². The molecule has 0 saturated carbocycles. The Labute approximate surface area is 154 Å². The molecule has 0 aliphatic rings. The lowest BCUT2D eigenvalue weighted by Gasteiger charge is -2.12. The molecule has 0 aliphatic heterocycles. The quantitative estimate of drug-likeness (QED) is 0.719. The van der Waals surface area contributed by atoms with Crippen molar-refractivity contribution in [1.29, 1.82) is 0 Å². The van der Waals surface area contributed by atoms with Crippen molar-refractivity contribution in [2.75, 3.05) is 0 Å². The van der Waals surface area contributed by atoms with Crippen molar-refractivity contribution in [1.82, 2.24) is 4.98 Å². The molecule has 0 aliphatic carbocycles. The Hall–Kier alpha value is -2.35. The molecule has 0 atom stereocenters. The Morgan fingerprint density at radius 1 is 1.04 bits per heavy atom. The zero-order valence-electron chi connectivity index (χ0n) is 13.5. The van der Waals surface area contributed by atoms with Gasteiger partial charge in [0.15, 0.2) is 4.90 Å². The number of sulfonamides is 1. The average molecular weight is 395 g/mol. The molecule has 3 rings (SSSR count). The second-order valence-electron chi connectivity index (χ2n) is 5.68. The van der Waals surface area contributed by atoms with E-state index in [0.717, 1.165) is 17.7 Å². The van der Waals surface area contributed by atoms with Crippen molar-refractivity contribution in [3.05, 3.63) is 70.9 Å². The second-order valence-corrected chi connectivity index (χ2v) is 7.58. The molecular weight excluding hydrogens is 382 g/mol. The van der Waals surface area contributed by atoms with E-state index in [1.165, 1.54) is 0 Å². The SMILES string of the molecule is Cc1cc(-c2ncccc2-c2cc(F)c(S(N)(=O)=O)c(F)c2)ccc1Cl. The molecule has 134 valence electrons. The molecule has 0 fully saturated rings. The van der Waals surface area contributed by atoms with Gasteiger partial charge in [-0.15, -0.1) is 0 Å². The Kier molecular flexibility index (Phi) is 4.79. The Morgan fingerprint density at radius 2 is 1.69 bits per heavy atom. The van der Waals surface area contributed by atoms with Gasteiger partial charge in [-0.3, -0.25) is 4.98 Å². The Balaban J connectivity index is 2.22. The molecular formula is C18H13ClF2N2O2S. The first kappa shape index (κ1) is 18.4. The highest BCUT2D eigenvalue weighted by atomic mass is 35.5. The molecule has 0 amide bonds. The van der Waals surface area contributed by atoms with Crippen molar-refractivity contribution < 1.29 is 17.2 Å². The van der Waals surface area contributed by atoms with Gasteiger partial charge < -0.3 is 0 Å². The predicted octanol–water partition coefficient (Wildman–Crippen LogP) is 4.30. The first-order chi connectivity index (χ1) is 12.2. The van der Waals surface area contributed by atoms with Crippen LogP contribution in [-0.4, -0.2) is 13.4 Å². The average Bonchev–Trinajstić information content (AvgIpc) is 2.55. The summed E-state index contributed by atoms with van der Waals surface area (Å²) in [5.74, 6) is -2.52. The van der Waals surface area contributed by atoms with Crippen LogP contribution in [0.5, 0.6) is 0 Å². The largest absolute Gasteiger partial charge is 0.256 e. The molecule has 0 bridgehead atoms. The third kappa shape index (κ3) is 3.46. The standard InChI is InChI=1S/C18H13ClF2N2O2S/c1-10-7-11(4-5-14(10)19)17-13(3-2-6-23-17)12-8-15(20)18(16(21)9-12)26(22,24)25/h2-9H,1H3,(H2,22,24,25). The van der Waals surface area contributed by atoms with Crippen molar-refractivity contribution in [2.24, 2.45) is 5.14 Å². The van der Waals surface area contributed by atoms with E-state index < -0.39 is 26.6 Å². The fraction of sp³-hybridized carbons (Fsp3) is 0.0556. The van der Waals surface area contributed by atoms with Crippen LogP contribution in [0.2, 0.25) is 5.02 Å². The number of aryl methyl sites for hydroxylation is 1. The molecule has 0 unspecified atom stereocenters. The third-order valence-electron chi connectivity index (χ3n) is 3.83. The zero-order chi connectivity index (χ0) is 19.1. The summed E-state index contributed by atoms with van der Waals surface area (Å²) in [6, 6.07) is 10.3. The summed E-state index contributed by atoms with van der Waals surface area (Å²) in [4.78, 5) is 3.14. The normalized spacial score (nSPS) is 11.6. The summed E-state index contributed by atoms with van der Waals surface area (Å²) in [6.45, 7) is 1.83. The van der Waals surface area contributed by atoms with Crippen LogP contribution in [0.1, 0.15) is 5.56 Å². The number of primary sulfonamides is 1. The van der Waals surface area contributed by atoms with Gasteiger partial charge in [-0.05, 0) is 48.4 Å². The van der Waals surface area contributed by atoms with E-state index in [1.807, 2.05) is 6.92 Å². The number of aromatic nitrogens is 1. The molecule has 1 aromatic heterocycles. The first-order valence-corrected chi connectivity index (χ1v) is 9.34. The minimum atomic E-state index is -4.52. The lowest BCUT2D eigenvalue weighted by Crippen LogP contribution is -2.16. The van der Waals surface area contributed by atoms with Gasteiger partial charge in [0.2, 0.25) is 10.0 Å². The number of rotatable bonds is 3. The number of hydrogen-bond donors (Lipinski definition) is 1. The fourth-order valence-electron chi connectivity index (χ4n) is 2.65. The van der Waals surface area contributed by atoms with Crippen LogP contribution in [0.15, 0.2) is 53.6 Å². The maximum Gasteiger partial charge on any atom is 0.243 e. The summed E-state index contributed by atoms with van der Waals surface area (Å²) in [5, 5.41) is 5.45. The van der Waals surface area contributed by atoms with E-state index in [0.29, 0.717) is 21.8 Å². The van der Waals surface area contributed by atoms with Crippen molar-refractivity contribution >= 4 is 21.6 Å². The molecule has 0 saturated heterocycles. The molecule has 2 N–H and O–H groups in total. The molecule has 4 nitrogen and oxygen atoms in total. The lowest BCUT2D eigenvalue weighted by molar-refractivity contribution is 0.520. The smallest absolute Gasteiger partial charge is 0.243 e. The molecule has 8 heteroatoms. The van der Waals surface area contributed by atoms with Crippen LogP contribution < -0.4 is 5.14 Å². The van der Waals surface area contributed by atoms with Gasteiger partial charge in [0.25, 0.3) is 0 Å². The molecule has 0 radical (unpaired) electrons. The minimum Gasteiger partial charge on any atom is -0.256 e. The maximum atomic E-state index is 14.2. The van der Waals surface area contributed by atoms with E-state index in [1.54, 1.807) is 36.5 Å². The fourth-order valence-corrected chi connectivity index (χ4v) is 3.43. The van der Waals surface area contributed by atoms with Crippen LogP contribution >= 0.6 is 11.6 Å². The number of halogens is 3. The van der Waals surface area contributed by atoms with Gasteiger partial charge in [0.1, 0.15) is 11.6 Å². The molecule has 0 spiro atoms. The number of nitrogens with zero attached hydrogens (tertiary/aromatic N) is 1. The monoisotopic (exact) mass is 394 g/mol. The van der Waals surface area contributed by atoms with Gasteiger partial charge >= 0.3 is 0 Å². The summed E-state index contributed by atoms with van der Waals surface area (Å²) < 4.78 is 51.1. The van der Waals surface area contributed by atoms with Gasteiger partial charge in [-0.2, -0.15) is 0 Å². The minimum absolute atomic E-state index is 0.142. The maximum absolute atomic E-state index is 14.2. The summed E-state index contributed by atoms with van der Waals surface area (Å²) >= 11 is 6.04. The van der Waals surface area contributed by atoms with Crippen LogP contribution in [0.3, 0.4) is 0 Å². The molecule has 1 heterocycles. The highest BCUT2D eigenvalue weighted by Crippen LogP contribution is 2.34. The van der Waals surface area contributed by atoms with E-state index in [2.05, 4.69) is 4.98 Å². The van der Waals surface area contributed by atoms with Gasteiger partial charge in [-0.1, -0.05) is 23.7 Å². The Bertz CT molecular complexity index is 1090. The van der Waals surface area contributed by atoms with E-state index in [-0.39, 0.29) is 5.56 Å². The van der Waals surface area contributed by atoms with Crippen molar-refractivity contribution in [3.8, 4) is 22.4 Å². The summed E-state index contributed by atoms with van der Waals surface area (Å²) in [6.07, 6.45) is 1.55. The number of benzene rings is 2. The zero-order valence-corrected chi connectivity index (χ0v) is 15.1. The predicted molar refractivity (Wildman–Crippen MR) is 96.1 cm³/mol.